The third kappa shape index (κ3) is 5.75. The molecule has 3 rings (SSSR count). The monoisotopic (exact) mass is 409 g/mol. The molecule has 0 unspecified atom stereocenters. The van der Waals surface area contributed by atoms with E-state index in [9.17, 15) is 0 Å². The predicted molar refractivity (Wildman–Crippen MR) is 113 cm³/mol. The Balaban J connectivity index is 1.62. The Bertz CT molecular complexity index is 994. The predicted octanol–water partition coefficient (Wildman–Crippen LogP) is 5.57. The van der Waals surface area contributed by atoms with Crippen LogP contribution in [0.15, 0.2) is 71.8 Å². The number of nitrogens with zero attached hydrogens (tertiary/aromatic N) is 2. The zero-order valence-corrected chi connectivity index (χ0v) is 16.4. The summed E-state index contributed by atoms with van der Waals surface area (Å²) in [4.78, 5) is 0. The molecule has 3 aromatic rings. The van der Waals surface area contributed by atoms with Crippen molar-refractivity contribution in [3.8, 4) is 11.8 Å². The summed E-state index contributed by atoms with van der Waals surface area (Å²) in [6.07, 6.45) is 1.68. The van der Waals surface area contributed by atoms with E-state index in [1.165, 1.54) is 0 Å². The maximum absolute atomic E-state index is 8.87. The van der Waals surface area contributed by atoms with Crippen LogP contribution in [0.3, 0.4) is 0 Å². The number of nitriles is 1. The van der Waals surface area contributed by atoms with Crippen LogP contribution in [0.4, 0.5) is 0 Å². The van der Waals surface area contributed by atoms with Crippen LogP contribution in [0.25, 0.3) is 0 Å². The molecule has 28 heavy (non-hydrogen) atoms. The van der Waals surface area contributed by atoms with Crippen molar-refractivity contribution in [1.82, 2.24) is 5.43 Å². The van der Waals surface area contributed by atoms with Crippen molar-refractivity contribution < 1.29 is 4.74 Å². The standard InChI is InChI=1S/C22H17Cl2N3O/c23-20-7-5-17(6-8-20)13-26-27-14-19-11-21(24)9-10-22(19)28-15-18-3-1-16(12-25)2-4-18/h1-11,14,26H,13,15H2/b27-14-. The first-order valence-corrected chi connectivity index (χ1v) is 9.31. The lowest BCUT2D eigenvalue weighted by molar-refractivity contribution is 0.306. The zero-order chi connectivity index (χ0) is 19.8. The Morgan fingerprint density at radius 1 is 0.929 bits per heavy atom. The van der Waals surface area contributed by atoms with E-state index >= 15 is 0 Å². The molecule has 0 atom stereocenters. The molecule has 0 aliphatic carbocycles. The van der Waals surface area contributed by atoms with Gasteiger partial charge in [0, 0.05) is 15.6 Å². The van der Waals surface area contributed by atoms with Crippen LogP contribution in [0.1, 0.15) is 22.3 Å². The second-order valence-electron chi connectivity index (χ2n) is 6.00. The third-order valence-electron chi connectivity index (χ3n) is 3.94. The van der Waals surface area contributed by atoms with Crippen molar-refractivity contribution in [3.63, 3.8) is 0 Å². The number of benzene rings is 3. The quantitative estimate of drug-likeness (QED) is 0.409. The van der Waals surface area contributed by atoms with Gasteiger partial charge in [-0.3, -0.25) is 0 Å². The fourth-order valence-corrected chi connectivity index (χ4v) is 2.75. The Labute approximate surface area is 174 Å². The van der Waals surface area contributed by atoms with Gasteiger partial charge in [-0.1, -0.05) is 47.5 Å². The van der Waals surface area contributed by atoms with Gasteiger partial charge in [0.25, 0.3) is 0 Å². The fourth-order valence-electron chi connectivity index (χ4n) is 2.44. The SMILES string of the molecule is N#Cc1ccc(COc2ccc(Cl)cc2/C=N\NCc2ccc(Cl)cc2)cc1. The molecule has 0 fully saturated rings. The normalized spacial score (nSPS) is 10.6. The molecule has 4 nitrogen and oxygen atoms in total. The van der Waals surface area contributed by atoms with Crippen LogP contribution in [0.5, 0.6) is 5.75 Å². The van der Waals surface area contributed by atoms with Gasteiger partial charge in [0.2, 0.25) is 0 Å². The fraction of sp³-hybridized carbons (Fsp3) is 0.0909. The summed E-state index contributed by atoms with van der Waals surface area (Å²) in [5.74, 6) is 0.672. The summed E-state index contributed by atoms with van der Waals surface area (Å²) in [6.45, 7) is 0.960. The van der Waals surface area contributed by atoms with Crippen molar-refractivity contribution in [2.24, 2.45) is 5.10 Å². The van der Waals surface area contributed by atoms with Gasteiger partial charge in [0.1, 0.15) is 12.4 Å². The average molecular weight is 410 g/mol. The van der Waals surface area contributed by atoms with E-state index in [0.717, 1.165) is 16.7 Å². The second kappa shape index (κ2) is 9.80. The summed E-state index contributed by atoms with van der Waals surface area (Å²) < 4.78 is 5.90. The highest BCUT2D eigenvalue weighted by molar-refractivity contribution is 6.31. The Morgan fingerprint density at radius 3 is 2.32 bits per heavy atom. The maximum atomic E-state index is 8.87. The lowest BCUT2D eigenvalue weighted by Crippen LogP contribution is -2.06. The van der Waals surface area contributed by atoms with E-state index in [4.69, 9.17) is 33.2 Å². The largest absolute Gasteiger partial charge is 0.488 e. The van der Waals surface area contributed by atoms with Crippen molar-refractivity contribution >= 4 is 29.4 Å². The topological polar surface area (TPSA) is 57.4 Å². The number of nitrogens with one attached hydrogen (secondary N) is 1. The molecule has 0 bridgehead atoms. The van der Waals surface area contributed by atoms with Crippen LogP contribution in [-0.2, 0) is 13.2 Å². The zero-order valence-electron chi connectivity index (χ0n) is 14.9. The molecule has 0 aromatic heterocycles. The summed E-state index contributed by atoms with van der Waals surface area (Å²) >= 11 is 12.0. The summed E-state index contributed by atoms with van der Waals surface area (Å²) in [5, 5.41) is 14.4. The number of hydrogen-bond donors (Lipinski definition) is 1. The first kappa shape index (κ1) is 19.8. The van der Waals surface area contributed by atoms with Gasteiger partial charge >= 0.3 is 0 Å². The minimum Gasteiger partial charge on any atom is -0.488 e. The van der Waals surface area contributed by atoms with E-state index in [-0.39, 0.29) is 0 Å². The van der Waals surface area contributed by atoms with E-state index in [2.05, 4.69) is 16.6 Å². The number of hydrazone groups is 1. The molecular weight excluding hydrogens is 393 g/mol. The van der Waals surface area contributed by atoms with Gasteiger partial charge in [-0.05, 0) is 53.6 Å². The Hall–Kier alpha value is -3.00. The molecule has 1 N–H and O–H groups in total. The van der Waals surface area contributed by atoms with Crippen molar-refractivity contribution in [1.29, 1.82) is 5.26 Å². The van der Waals surface area contributed by atoms with Crippen LogP contribution in [0.2, 0.25) is 10.0 Å². The van der Waals surface area contributed by atoms with Crippen LogP contribution >= 0.6 is 23.2 Å². The lowest BCUT2D eigenvalue weighted by Gasteiger charge is -2.10. The number of rotatable bonds is 7. The van der Waals surface area contributed by atoms with Gasteiger partial charge in [-0.15, -0.1) is 0 Å². The number of hydrogen-bond acceptors (Lipinski definition) is 4. The molecule has 6 heteroatoms. The molecule has 0 saturated heterocycles. The Morgan fingerprint density at radius 2 is 1.61 bits per heavy atom. The highest BCUT2D eigenvalue weighted by Gasteiger charge is 2.04. The van der Waals surface area contributed by atoms with Crippen LogP contribution < -0.4 is 10.2 Å². The van der Waals surface area contributed by atoms with E-state index < -0.39 is 0 Å². The lowest BCUT2D eigenvalue weighted by atomic mass is 10.1. The minimum atomic E-state index is 0.381. The molecule has 0 spiro atoms. The van der Waals surface area contributed by atoms with Crippen LogP contribution in [-0.4, -0.2) is 6.21 Å². The van der Waals surface area contributed by atoms with Crippen molar-refractivity contribution in [3.05, 3.63) is 99.0 Å². The third-order valence-corrected chi connectivity index (χ3v) is 4.43. The van der Waals surface area contributed by atoms with Crippen LogP contribution in [0, 0.1) is 11.3 Å². The molecule has 0 radical (unpaired) electrons. The molecule has 0 amide bonds. The molecule has 0 heterocycles. The van der Waals surface area contributed by atoms with Gasteiger partial charge in [0.05, 0.1) is 24.4 Å². The first-order chi connectivity index (χ1) is 13.6. The van der Waals surface area contributed by atoms with Crippen molar-refractivity contribution in [2.45, 2.75) is 13.2 Å². The summed E-state index contributed by atoms with van der Waals surface area (Å²) in [5.41, 5.74) is 6.43. The molecule has 0 saturated carbocycles. The summed E-state index contributed by atoms with van der Waals surface area (Å²) in [6, 6.07) is 22.3. The van der Waals surface area contributed by atoms with Gasteiger partial charge in [-0.25, -0.2) is 0 Å². The maximum Gasteiger partial charge on any atom is 0.128 e. The highest BCUT2D eigenvalue weighted by Crippen LogP contribution is 2.22. The van der Waals surface area contributed by atoms with E-state index in [1.807, 2.05) is 42.5 Å². The van der Waals surface area contributed by atoms with Gasteiger partial charge in [0.15, 0.2) is 0 Å². The molecule has 0 aliphatic rings. The smallest absolute Gasteiger partial charge is 0.128 e. The first-order valence-electron chi connectivity index (χ1n) is 8.56. The van der Waals surface area contributed by atoms with E-state index in [1.54, 1.807) is 30.5 Å². The number of ether oxygens (including phenoxy) is 1. The molecule has 0 aliphatic heterocycles. The Kier molecular flexibility index (Phi) is 6.91. The van der Waals surface area contributed by atoms with Gasteiger partial charge < -0.3 is 10.2 Å². The van der Waals surface area contributed by atoms with Crippen molar-refractivity contribution in [2.75, 3.05) is 0 Å². The molecular formula is C22H17Cl2N3O. The number of halogens is 2. The molecule has 140 valence electrons. The van der Waals surface area contributed by atoms with Gasteiger partial charge in [-0.2, -0.15) is 10.4 Å². The summed E-state index contributed by atoms with van der Waals surface area (Å²) in [7, 11) is 0. The van der Waals surface area contributed by atoms with E-state index in [0.29, 0.717) is 34.5 Å². The highest BCUT2D eigenvalue weighted by atomic mass is 35.5. The second-order valence-corrected chi connectivity index (χ2v) is 6.87. The minimum absolute atomic E-state index is 0.381. The average Bonchev–Trinajstić information content (AvgIpc) is 2.72. The molecule has 3 aromatic carbocycles.